The molecule has 1 aliphatic rings. The van der Waals surface area contributed by atoms with E-state index in [0.717, 1.165) is 25.9 Å². The van der Waals surface area contributed by atoms with Crippen LogP contribution in [0.25, 0.3) is 0 Å². The molecule has 0 aromatic rings. The largest absolute Gasteiger partial charge is 0.480 e. The minimum absolute atomic E-state index is 0.131. The Labute approximate surface area is 127 Å². The molecule has 1 fully saturated rings. The van der Waals surface area contributed by atoms with E-state index < -0.39 is 5.97 Å². The molecule has 1 atom stereocenters. The molecule has 0 aliphatic carbocycles. The van der Waals surface area contributed by atoms with Crippen LogP contribution >= 0.6 is 0 Å². The van der Waals surface area contributed by atoms with Crippen LogP contribution in [0.3, 0.4) is 0 Å². The second-order valence-corrected chi connectivity index (χ2v) is 6.32. The van der Waals surface area contributed by atoms with Crippen LogP contribution < -0.4 is 0 Å². The maximum absolute atomic E-state index is 12.8. The summed E-state index contributed by atoms with van der Waals surface area (Å²) >= 11 is 0. The highest BCUT2D eigenvalue weighted by molar-refractivity contribution is 5.80. The molecule has 1 saturated heterocycles. The zero-order valence-electron chi connectivity index (χ0n) is 13.7. The maximum atomic E-state index is 12.8. The lowest BCUT2D eigenvalue weighted by Gasteiger charge is -2.35. The number of carboxylic acids is 1. The maximum Gasteiger partial charge on any atom is 0.323 e. The van der Waals surface area contributed by atoms with E-state index in [0.29, 0.717) is 13.1 Å². The smallest absolute Gasteiger partial charge is 0.323 e. The van der Waals surface area contributed by atoms with Crippen LogP contribution in [0.2, 0.25) is 0 Å². The number of aliphatic carboxylic acids is 1. The molecule has 6 nitrogen and oxygen atoms in total. The van der Waals surface area contributed by atoms with Crippen LogP contribution in [0.4, 0.5) is 4.79 Å². The van der Waals surface area contributed by atoms with Crippen LogP contribution in [-0.2, 0) is 4.79 Å². The summed E-state index contributed by atoms with van der Waals surface area (Å²) in [6.45, 7) is 8.86. The molecule has 0 aromatic carbocycles. The van der Waals surface area contributed by atoms with Crippen molar-refractivity contribution in [2.24, 2.45) is 5.92 Å². The molecular weight excluding hydrogens is 270 g/mol. The van der Waals surface area contributed by atoms with E-state index >= 15 is 0 Å². The Balaban J connectivity index is 2.85. The first-order chi connectivity index (χ1) is 9.85. The molecule has 1 unspecified atom stereocenters. The summed E-state index contributed by atoms with van der Waals surface area (Å²) in [5, 5.41) is 9.04. The Bertz CT molecular complexity index is 360. The highest BCUT2D eigenvalue weighted by Crippen LogP contribution is 2.15. The number of rotatable bonds is 5. The number of carbonyl (C=O) groups is 2. The van der Waals surface area contributed by atoms with Crippen LogP contribution in [0, 0.1) is 5.92 Å². The summed E-state index contributed by atoms with van der Waals surface area (Å²) in [4.78, 5) is 29.4. The van der Waals surface area contributed by atoms with Gasteiger partial charge >= 0.3 is 12.0 Å². The quantitative estimate of drug-likeness (QED) is 0.837. The number of nitrogens with zero attached hydrogens (tertiary/aromatic N) is 3. The fraction of sp³-hybridized carbons (Fsp3) is 0.867. The van der Waals surface area contributed by atoms with Gasteiger partial charge in [0.2, 0.25) is 0 Å². The number of hydrogen-bond donors (Lipinski definition) is 1. The van der Waals surface area contributed by atoms with Crippen molar-refractivity contribution in [2.45, 2.75) is 39.7 Å². The predicted octanol–water partition coefficient (Wildman–Crippen LogP) is 1.57. The van der Waals surface area contributed by atoms with Crippen LogP contribution in [0.15, 0.2) is 0 Å². The van der Waals surface area contributed by atoms with Gasteiger partial charge in [0.15, 0.2) is 0 Å². The Morgan fingerprint density at radius 1 is 1.33 bits per heavy atom. The third-order valence-corrected chi connectivity index (χ3v) is 3.80. The Hall–Kier alpha value is -1.30. The first-order valence-corrected chi connectivity index (χ1v) is 7.81. The number of carboxylic acid groups (broad SMARTS) is 1. The zero-order chi connectivity index (χ0) is 16.0. The molecule has 0 spiro atoms. The van der Waals surface area contributed by atoms with Crippen molar-refractivity contribution in [1.82, 2.24) is 14.7 Å². The van der Waals surface area contributed by atoms with Crippen LogP contribution in [0.5, 0.6) is 0 Å². The average molecular weight is 299 g/mol. The van der Waals surface area contributed by atoms with Crippen molar-refractivity contribution in [1.29, 1.82) is 0 Å². The summed E-state index contributed by atoms with van der Waals surface area (Å²) in [5.74, 6) is -0.702. The lowest BCUT2D eigenvalue weighted by molar-refractivity contribution is -0.137. The second kappa shape index (κ2) is 8.22. The monoisotopic (exact) mass is 299 g/mol. The predicted molar refractivity (Wildman–Crippen MR) is 82.3 cm³/mol. The van der Waals surface area contributed by atoms with Gasteiger partial charge in [-0.15, -0.1) is 0 Å². The first-order valence-electron chi connectivity index (χ1n) is 7.81. The molecule has 0 saturated carbocycles. The fourth-order valence-electron chi connectivity index (χ4n) is 2.84. The second-order valence-electron chi connectivity index (χ2n) is 6.32. The average Bonchev–Trinajstić information content (AvgIpc) is 2.57. The molecule has 0 radical (unpaired) electrons. The van der Waals surface area contributed by atoms with E-state index in [1.165, 1.54) is 4.90 Å². The van der Waals surface area contributed by atoms with Crippen LogP contribution in [-0.4, -0.2) is 77.6 Å². The molecule has 0 aromatic heterocycles. The van der Waals surface area contributed by atoms with Gasteiger partial charge in [0, 0.05) is 25.7 Å². The van der Waals surface area contributed by atoms with Gasteiger partial charge in [-0.1, -0.05) is 20.8 Å². The normalized spacial score (nSPS) is 20.4. The Morgan fingerprint density at radius 2 is 2.00 bits per heavy atom. The van der Waals surface area contributed by atoms with Gasteiger partial charge in [-0.2, -0.15) is 0 Å². The highest BCUT2D eigenvalue weighted by atomic mass is 16.4. The third kappa shape index (κ3) is 5.53. The van der Waals surface area contributed by atoms with Crippen molar-refractivity contribution in [3.63, 3.8) is 0 Å². The fourth-order valence-corrected chi connectivity index (χ4v) is 2.84. The van der Waals surface area contributed by atoms with Crippen molar-refractivity contribution in [2.75, 3.05) is 39.8 Å². The van der Waals surface area contributed by atoms with Gasteiger partial charge in [0.05, 0.1) is 0 Å². The molecular formula is C15H29N3O3. The van der Waals surface area contributed by atoms with Crippen molar-refractivity contribution >= 4 is 12.0 Å². The molecule has 21 heavy (non-hydrogen) atoms. The van der Waals surface area contributed by atoms with E-state index in [4.69, 9.17) is 5.11 Å². The van der Waals surface area contributed by atoms with Gasteiger partial charge in [-0.05, 0) is 32.4 Å². The lowest BCUT2D eigenvalue weighted by atomic mass is 10.2. The van der Waals surface area contributed by atoms with Gasteiger partial charge < -0.3 is 19.8 Å². The van der Waals surface area contributed by atoms with E-state index in [1.54, 1.807) is 0 Å². The Morgan fingerprint density at radius 3 is 2.52 bits per heavy atom. The van der Waals surface area contributed by atoms with Crippen molar-refractivity contribution in [3.05, 3.63) is 0 Å². The number of likely N-dealkylation sites (N-methyl/N-ethyl adjacent to an activating group) is 1. The van der Waals surface area contributed by atoms with E-state index in [9.17, 15) is 9.59 Å². The summed E-state index contributed by atoms with van der Waals surface area (Å²) in [7, 11) is 2.07. The topological polar surface area (TPSA) is 64.1 Å². The minimum atomic E-state index is -0.955. The van der Waals surface area contributed by atoms with E-state index in [1.807, 2.05) is 18.7 Å². The zero-order valence-corrected chi connectivity index (χ0v) is 13.7. The summed E-state index contributed by atoms with van der Waals surface area (Å²) < 4.78 is 0. The molecule has 6 heteroatoms. The summed E-state index contributed by atoms with van der Waals surface area (Å²) in [5.41, 5.74) is 0. The van der Waals surface area contributed by atoms with Crippen LogP contribution in [0.1, 0.15) is 33.6 Å². The molecule has 1 N–H and O–H groups in total. The van der Waals surface area contributed by atoms with Gasteiger partial charge in [0.25, 0.3) is 0 Å². The number of amides is 2. The van der Waals surface area contributed by atoms with Gasteiger partial charge in [0.1, 0.15) is 6.54 Å². The number of hydrogen-bond acceptors (Lipinski definition) is 3. The molecule has 1 heterocycles. The standard InChI is InChI=1S/C15H29N3O3/c1-5-13-10-16(4)7-6-8-18(13)15(21)17(9-12(2)3)11-14(19)20/h12-13H,5-11H2,1-4H3,(H,19,20). The van der Waals surface area contributed by atoms with Gasteiger partial charge in [-0.3, -0.25) is 4.79 Å². The minimum Gasteiger partial charge on any atom is -0.480 e. The highest BCUT2D eigenvalue weighted by Gasteiger charge is 2.30. The molecule has 1 rings (SSSR count). The lowest BCUT2D eigenvalue weighted by Crippen LogP contribution is -2.51. The number of carbonyl (C=O) groups excluding carboxylic acids is 1. The first kappa shape index (κ1) is 17.8. The van der Waals surface area contributed by atoms with Gasteiger partial charge in [-0.25, -0.2) is 4.79 Å². The number of urea groups is 1. The van der Waals surface area contributed by atoms with E-state index in [2.05, 4.69) is 18.9 Å². The van der Waals surface area contributed by atoms with Crippen molar-refractivity contribution in [3.8, 4) is 0 Å². The van der Waals surface area contributed by atoms with E-state index in [-0.39, 0.29) is 24.5 Å². The molecule has 122 valence electrons. The molecule has 1 aliphatic heterocycles. The molecule has 0 bridgehead atoms. The summed E-state index contributed by atoms with van der Waals surface area (Å²) in [6, 6.07) is 0.0294. The van der Waals surface area contributed by atoms with Crippen molar-refractivity contribution < 1.29 is 14.7 Å². The SMILES string of the molecule is CCC1CN(C)CCCN1C(=O)N(CC(=O)O)CC(C)C. The third-order valence-electron chi connectivity index (χ3n) is 3.80. The summed E-state index contributed by atoms with van der Waals surface area (Å²) in [6.07, 6.45) is 1.82. The molecule has 2 amide bonds. The Kier molecular flexibility index (Phi) is 6.95.